The molecule has 1 unspecified atom stereocenters. The third-order valence-electron chi connectivity index (χ3n) is 2.30. The Morgan fingerprint density at radius 3 is 2.39 bits per heavy atom. The summed E-state index contributed by atoms with van der Waals surface area (Å²) >= 11 is 0. The van der Waals surface area contributed by atoms with Crippen LogP contribution in [0.25, 0.3) is 0 Å². The summed E-state index contributed by atoms with van der Waals surface area (Å²) in [5.41, 5.74) is 7.02. The van der Waals surface area contributed by atoms with Gasteiger partial charge in [0.15, 0.2) is 0 Å². The lowest BCUT2D eigenvalue weighted by molar-refractivity contribution is -0.120. The van der Waals surface area contributed by atoms with Gasteiger partial charge < -0.3 is 11.1 Å². The molecule has 3 N–H and O–H groups in total. The van der Waals surface area contributed by atoms with E-state index in [1.54, 1.807) is 31.2 Å². The Bertz CT molecular complexity index is 509. The van der Waals surface area contributed by atoms with Gasteiger partial charge >= 0.3 is 0 Å². The summed E-state index contributed by atoms with van der Waals surface area (Å²) in [5.74, 6) is -0.253. The van der Waals surface area contributed by atoms with Gasteiger partial charge in [-0.05, 0) is 24.6 Å². The minimum absolute atomic E-state index is 0.0551. The van der Waals surface area contributed by atoms with Gasteiger partial charge in [-0.1, -0.05) is 12.1 Å². The van der Waals surface area contributed by atoms with E-state index in [4.69, 9.17) is 5.73 Å². The van der Waals surface area contributed by atoms with Crippen LogP contribution in [0.3, 0.4) is 0 Å². The van der Waals surface area contributed by atoms with Crippen molar-refractivity contribution < 1.29 is 13.2 Å². The number of hydrogen-bond acceptors (Lipinski definition) is 4. The monoisotopic (exact) mass is 270 g/mol. The van der Waals surface area contributed by atoms with Crippen LogP contribution in [0.5, 0.6) is 0 Å². The largest absolute Gasteiger partial charge is 0.399 e. The normalized spacial score (nSPS) is 13.0. The molecule has 0 bridgehead atoms. The standard InChI is InChI=1S/C12H18N2O3S/c1-9(8-18(2,16)17)14-12(15)7-10-3-5-11(13)6-4-10/h3-6,9H,7-8,13H2,1-2H3,(H,14,15). The van der Waals surface area contributed by atoms with Crippen LogP contribution < -0.4 is 11.1 Å². The van der Waals surface area contributed by atoms with Gasteiger partial charge in [-0.2, -0.15) is 0 Å². The second-order valence-electron chi connectivity index (χ2n) is 4.48. The molecule has 0 aliphatic heterocycles. The zero-order chi connectivity index (χ0) is 13.8. The first-order chi connectivity index (χ1) is 8.26. The summed E-state index contributed by atoms with van der Waals surface area (Å²) in [4.78, 5) is 11.7. The second kappa shape index (κ2) is 5.86. The maximum atomic E-state index is 11.7. The summed E-state index contributed by atoms with van der Waals surface area (Å²) in [7, 11) is -3.08. The number of nitrogens with two attached hydrogens (primary N) is 1. The van der Waals surface area contributed by atoms with Gasteiger partial charge in [0.1, 0.15) is 9.84 Å². The third-order valence-corrected chi connectivity index (χ3v) is 3.41. The van der Waals surface area contributed by atoms with E-state index in [0.29, 0.717) is 5.69 Å². The van der Waals surface area contributed by atoms with Gasteiger partial charge in [0.25, 0.3) is 0 Å². The molecule has 1 rings (SSSR count). The Hall–Kier alpha value is -1.56. The first-order valence-corrected chi connectivity index (χ1v) is 7.64. The molecule has 100 valence electrons. The molecule has 1 amide bonds. The van der Waals surface area contributed by atoms with Crippen molar-refractivity contribution in [3.8, 4) is 0 Å². The highest BCUT2D eigenvalue weighted by molar-refractivity contribution is 7.90. The minimum atomic E-state index is -3.08. The van der Waals surface area contributed by atoms with Gasteiger partial charge in [0.05, 0.1) is 12.2 Å². The quantitative estimate of drug-likeness (QED) is 0.756. The Labute approximate surface area is 107 Å². The van der Waals surface area contributed by atoms with Crippen molar-refractivity contribution in [1.29, 1.82) is 0 Å². The molecule has 18 heavy (non-hydrogen) atoms. The number of anilines is 1. The van der Waals surface area contributed by atoms with Crippen LogP contribution >= 0.6 is 0 Å². The van der Waals surface area contributed by atoms with E-state index in [1.807, 2.05) is 0 Å². The molecular formula is C12H18N2O3S. The molecule has 6 heteroatoms. The fourth-order valence-electron chi connectivity index (χ4n) is 1.64. The zero-order valence-electron chi connectivity index (χ0n) is 10.5. The van der Waals surface area contributed by atoms with E-state index in [-0.39, 0.29) is 24.1 Å². The predicted molar refractivity (Wildman–Crippen MR) is 71.9 cm³/mol. The highest BCUT2D eigenvalue weighted by Gasteiger charge is 2.13. The molecule has 0 heterocycles. The number of carbonyl (C=O) groups is 1. The predicted octanol–water partition coefficient (Wildman–Crippen LogP) is 0.361. The van der Waals surface area contributed by atoms with Crippen LogP contribution in [0.15, 0.2) is 24.3 Å². The lowest BCUT2D eigenvalue weighted by atomic mass is 10.1. The van der Waals surface area contributed by atoms with E-state index in [1.165, 1.54) is 0 Å². The smallest absolute Gasteiger partial charge is 0.224 e. The van der Waals surface area contributed by atoms with Gasteiger partial charge in [0, 0.05) is 18.0 Å². The van der Waals surface area contributed by atoms with Crippen molar-refractivity contribution in [3.05, 3.63) is 29.8 Å². The molecule has 0 saturated carbocycles. The van der Waals surface area contributed by atoms with Crippen LogP contribution in [0.4, 0.5) is 5.69 Å². The number of hydrogen-bond donors (Lipinski definition) is 2. The van der Waals surface area contributed by atoms with E-state index in [2.05, 4.69) is 5.32 Å². The maximum absolute atomic E-state index is 11.7. The van der Waals surface area contributed by atoms with E-state index < -0.39 is 9.84 Å². The average Bonchev–Trinajstić information content (AvgIpc) is 2.18. The lowest BCUT2D eigenvalue weighted by Gasteiger charge is -2.12. The molecule has 1 aromatic carbocycles. The molecular weight excluding hydrogens is 252 g/mol. The number of sulfone groups is 1. The van der Waals surface area contributed by atoms with Gasteiger partial charge in [-0.25, -0.2) is 8.42 Å². The van der Waals surface area contributed by atoms with Crippen LogP contribution in [-0.4, -0.2) is 32.4 Å². The Balaban J connectivity index is 2.49. The SMILES string of the molecule is CC(CS(C)(=O)=O)NC(=O)Cc1ccc(N)cc1. The fraction of sp³-hybridized carbons (Fsp3) is 0.417. The third kappa shape index (κ3) is 5.67. The molecule has 0 aromatic heterocycles. The number of rotatable bonds is 5. The molecule has 1 aromatic rings. The average molecular weight is 270 g/mol. The minimum Gasteiger partial charge on any atom is -0.399 e. The van der Waals surface area contributed by atoms with Crippen molar-refractivity contribution in [2.24, 2.45) is 0 Å². The van der Waals surface area contributed by atoms with Crippen LogP contribution in [0.2, 0.25) is 0 Å². The van der Waals surface area contributed by atoms with Crippen LogP contribution in [-0.2, 0) is 21.1 Å². The first-order valence-electron chi connectivity index (χ1n) is 5.58. The van der Waals surface area contributed by atoms with Crippen molar-refractivity contribution in [1.82, 2.24) is 5.32 Å². The molecule has 5 nitrogen and oxygen atoms in total. The van der Waals surface area contributed by atoms with Crippen LogP contribution in [0.1, 0.15) is 12.5 Å². The van der Waals surface area contributed by atoms with Crippen molar-refractivity contribution in [2.45, 2.75) is 19.4 Å². The molecule has 1 atom stereocenters. The highest BCUT2D eigenvalue weighted by Crippen LogP contribution is 2.06. The van der Waals surface area contributed by atoms with Crippen molar-refractivity contribution >= 4 is 21.4 Å². The number of nitrogens with one attached hydrogen (secondary N) is 1. The Kier molecular flexibility index (Phi) is 4.72. The number of nitrogen functional groups attached to an aromatic ring is 1. The first kappa shape index (κ1) is 14.5. The van der Waals surface area contributed by atoms with E-state index in [0.717, 1.165) is 11.8 Å². The molecule has 0 aliphatic rings. The molecule has 0 aliphatic carbocycles. The fourth-order valence-corrected chi connectivity index (χ4v) is 2.63. The topological polar surface area (TPSA) is 89.3 Å². The summed E-state index contributed by atoms with van der Waals surface area (Å²) in [6.45, 7) is 1.67. The summed E-state index contributed by atoms with van der Waals surface area (Å²) in [6.07, 6.45) is 1.37. The van der Waals surface area contributed by atoms with Gasteiger partial charge in [0.2, 0.25) is 5.91 Å². The summed E-state index contributed by atoms with van der Waals surface area (Å²) < 4.78 is 22.1. The van der Waals surface area contributed by atoms with E-state index >= 15 is 0 Å². The van der Waals surface area contributed by atoms with E-state index in [9.17, 15) is 13.2 Å². The molecule has 0 spiro atoms. The Morgan fingerprint density at radius 1 is 1.33 bits per heavy atom. The summed E-state index contributed by atoms with van der Waals surface area (Å²) in [6, 6.07) is 6.61. The highest BCUT2D eigenvalue weighted by atomic mass is 32.2. The lowest BCUT2D eigenvalue weighted by Crippen LogP contribution is -2.38. The van der Waals surface area contributed by atoms with Crippen LogP contribution in [0, 0.1) is 0 Å². The summed E-state index contributed by atoms with van der Waals surface area (Å²) in [5, 5.41) is 2.65. The second-order valence-corrected chi connectivity index (χ2v) is 6.66. The van der Waals surface area contributed by atoms with Gasteiger partial charge in [-0.15, -0.1) is 0 Å². The number of amides is 1. The van der Waals surface area contributed by atoms with Gasteiger partial charge in [-0.3, -0.25) is 4.79 Å². The van der Waals surface area contributed by atoms with Crippen molar-refractivity contribution in [3.63, 3.8) is 0 Å². The molecule has 0 fully saturated rings. The maximum Gasteiger partial charge on any atom is 0.224 e. The number of carbonyl (C=O) groups excluding carboxylic acids is 1. The zero-order valence-corrected chi connectivity index (χ0v) is 11.3. The van der Waals surface area contributed by atoms with Crippen molar-refractivity contribution in [2.75, 3.05) is 17.7 Å². The Morgan fingerprint density at radius 2 is 1.89 bits per heavy atom. The number of benzene rings is 1. The molecule has 0 saturated heterocycles. The molecule has 0 radical (unpaired) electrons.